The third-order valence-corrected chi connectivity index (χ3v) is 6.48. The molecule has 3 heteroatoms. The molecule has 2 aliphatic carbocycles. The average Bonchev–Trinajstić information content (AvgIpc) is 2.50. The Hall–Kier alpha value is -1.22. The standard InChI is InChI=1S/C20H30O3/c1-14(2)6-5-10-20(4)17-8-7-15(12-21)16(13-22)19(17,3)11-9-18(20)23/h6-7,12-13,16-18,23H,5,8-11H2,1-4H3. The van der Waals surface area contributed by atoms with Crippen LogP contribution in [0.1, 0.15) is 59.8 Å². The van der Waals surface area contributed by atoms with Gasteiger partial charge in [-0.3, -0.25) is 4.79 Å². The van der Waals surface area contributed by atoms with Crippen LogP contribution in [0.15, 0.2) is 23.3 Å². The monoisotopic (exact) mass is 318 g/mol. The molecule has 5 atom stereocenters. The largest absolute Gasteiger partial charge is 0.393 e. The number of aldehydes is 2. The van der Waals surface area contributed by atoms with Gasteiger partial charge in [0.05, 0.1) is 6.10 Å². The highest BCUT2D eigenvalue weighted by Gasteiger charge is 2.57. The van der Waals surface area contributed by atoms with E-state index in [1.807, 2.05) is 6.08 Å². The summed E-state index contributed by atoms with van der Waals surface area (Å²) in [5, 5.41) is 10.7. The van der Waals surface area contributed by atoms with E-state index in [-0.39, 0.29) is 28.8 Å². The molecule has 5 unspecified atom stereocenters. The van der Waals surface area contributed by atoms with Crippen molar-refractivity contribution < 1.29 is 14.7 Å². The summed E-state index contributed by atoms with van der Waals surface area (Å²) in [6.07, 6.45) is 9.72. The third kappa shape index (κ3) is 3.08. The molecule has 0 radical (unpaired) electrons. The maximum atomic E-state index is 11.7. The fourth-order valence-electron chi connectivity index (χ4n) is 4.98. The Morgan fingerprint density at radius 3 is 2.61 bits per heavy atom. The number of hydrogen-bond donors (Lipinski definition) is 1. The van der Waals surface area contributed by atoms with E-state index in [0.29, 0.717) is 12.0 Å². The van der Waals surface area contributed by atoms with Crippen LogP contribution in [-0.4, -0.2) is 23.8 Å². The first-order valence-corrected chi connectivity index (χ1v) is 8.71. The van der Waals surface area contributed by atoms with Gasteiger partial charge in [-0.2, -0.15) is 0 Å². The van der Waals surface area contributed by atoms with Crippen LogP contribution in [0.3, 0.4) is 0 Å². The summed E-state index contributed by atoms with van der Waals surface area (Å²) in [6.45, 7) is 8.48. The highest BCUT2D eigenvalue weighted by Crippen LogP contribution is 2.60. The Morgan fingerprint density at radius 1 is 1.35 bits per heavy atom. The second-order valence-corrected chi connectivity index (χ2v) is 8.11. The number of allylic oxidation sites excluding steroid dienone is 4. The molecule has 2 rings (SSSR count). The summed E-state index contributed by atoms with van der Waals surface area (Å²) in [6, 6.07) is 0. The first kappa shape index (κ1) is 18.1. The highest BCUT2D eigenvalue weighted by molar-refractivity contribution is 5.82. The summed E-state index contributed by atoms with van der Waals surface area (Å²) in [5.41, 5.74) is 1.47. The average molecular weight is 318 g/mol. The number of aliphatic hydroxyl groups is 1. The quantitative estimate of drug-likeness (QED) is 0.618. The van der Waals surface area contributed by atoms with Crippen LogP contribution in [0, 0.1) is 22.7 Å². The van der Waals surface area contributed by atoms with Crippen molar-refractivity contribution >= 4 is 12.6 Å². The first-order valence-electron chi connectivity index (χ1n) is 8.71. The molecule has 0 heterocycles. The predicted molar refractivity (Wildman–Crippen MR) is 91.9 cm³/mol. The third-order valence-electron chi connectivity index (χ3n) is 6.48. The van der Waals surface area contributed by atoms with E-state index < -0.39 is 0 Å². The molecule has 0 bridgehead atoms. The maximum absolute atomic E-state index is 11.7. The van der Waals surface area contributed by atoms with E-state index in [1.165, 1.54) is 5.57 Å². The molecule has 1 N–H and O–H groups in total. The summed E-state index contributed by atoms with van der Waals surface area (Å²) < 4.78 is 0. The molecule has 0 aromatic heterocycles. The van der Waals surface area contributed by atoms with Crippen molar-refractivity contribution in [3.8, 4) is 0 Å². The number of fused-ring (bicyclic) bond motifs is 1. The molecule has 0 amide bonds. The first-order chi connectivity index (χ1) is 10.8. The lowest BCUT2D eigenvalue weighted by Crippen LogP contribution is -2.55. The van der Waals surface area contributed by atoms with E-state index in [4.69, 9.17) is 0 Å². The Kier molecular flexibility index (Phi) is 5.30. The lowest BCUT2D eigenvalue weighted by molar-refractivity contribution is -0.140. The van der Waals surface area contributed by atoms with E-state index in [9.17, 15) is 14.7 Å². The van der Waals surface area contributed by atoms with E-state index in [2.05, 4.69) is 33.8 Å². The molecule has 1 saturated carbocycles. The smallest absolute Gasteiger partial charge is 0.146 e. The molecule has 3 nitrogen and oxygen atoms in total. The molecule has 0 aromatic carbocycles. The molecule has 1 fully saturated rings. The van der Waals surface area contributed by atoms with Gasteiger partial charge < -0.3 is 9.90 Å². The number of hydrogen-bond acceptors (Lipinski definition) is 3. The van der Waals surface area contributed by atoms with Crippen LogP contribution in [0.5, 0.6) is 0 Å². The molecule has 2 aliphatic rings. The predicted octanol–water partition coefficient (Wildman–Crippen LogP) is 3.86. The minimum absolute atomic E-state index is 0.217. The van der Waals surface area contributed by atoms with Gasteiger partial charge in [-0.15, -0.1) is 0 Å². The zero-order chi connectivity index (χ0) is 17.3. The van der Waals surface area contributed by atoms with E-state index in [0.717, 1.165) is 38.3 Å². The second-order valence-electron chi connectivity index (χ2n) is 8.11. The van der Waals surface area contributed by atoms with Crippen molar-refractivity contribution in [2.75, 3.05) is 0 Å². The van der Waals surface area contributed by atoms with Crippen molar-refractivity contribution in [3.05, 3.63) is 23.3 Å². The van der Waals surface area contributed by atoms with Crippen LogP contribution < -0.4 is 0 Å². The molecule has 128 valence electrons. The number of rotatable bonds is 5. The van der Waals surface area contributed by atoms with Crippen molar-refractivity contribution in [1.82, 2.24) is 0 Å². The van der Waals surface area contributed by atoms with E-state index >= 15 is 0 Å². The van der Waals surface area contributed by atoms with Gasteiger partial charge in [-0.1, -0.05) is 31.6 Å². The molecular formula is C20H30O3. The van der Waals surface area contributed by atoms with Crippen molar-refractivity contribution in [2.45, 2.75) is 65.9 Å². The van der Waals surface area contributed by atoms with Crippen LogP contribution in [0.2, 0.25) is 0 Å². The molecule has 23 heavy (non-hydrogen) atoms. The molecular weight excluding hydrogens is 288 g/mol. The number of carbonyl (C=O) groups is 2. The molecule has 0 aromatic rings. The Balaban J connectivity index is 2.37. The van der Waals surface area contributed by atoms with Crippen LogP contribution in [0.4, 0.5) is 0 Å². The SMILES string of the molecule is CC(C)=CCCC1(C)C(O)CCC2(C)C(C=O)C(C=O)=CCC12. The van der Waals surface area contributed by atoms with Gasteiger partial charge in [0.2, 0.25) is 0 Å². The van der Waals surface area contributed by atoms with Gasteiger partial charge in [-0.25, -0.2) is 0 Å². The number of aliphatic hydroxyl groups excluding tert-OH is 1. The summed E-state index contributed by atoms with van der Waals surface area (Å²) in [5.74, 6) is -0.114. The Labute approximate surface area is 139 Å². The van der Waals surface area contributed by atoms with E-state index in [1.54, 1.807) is 0 Å². The Morgan fingerprint density at radius 2 is 2.04 bits per heavy atom. The van der Waals surface area contributed by atoms with Gasteiger partial charge >= 0.3 is 0 Å². The lowest BCUT2D eigenvalue weighted by Gasteiger charge is -2.58. The minimum Gasteiger partial charge on any atom is -0.393 e. The zero-order valence-electron chi connectivity index (χ0n) is 14.8. The van der Waals surface area contributed by atoms with Gasteiger partial charge in [0, 0.05) is 5.92 Å². The molecule has 0 aliphatic heterocycles. The summed E-state index contributed by atoms with van der Waals surface area (Å²) in [7, 11) is 0. The van der Waals surface area contributed by atoms with Crippen molar-refractivity contribution in [1.29, 1.82) is 0 Å². The Bertz CT molecular complexity index is 529. The molecule has 0 spiro atoms. The van der Waals surface area contributed by atoms with Gasteiger partial charge in [-0.05, 0) is 68.3 Å². The lowest BCUT2D eigenvalue weighted by atomic mass is 9.47. The molecule has 0 saturated heterocycles. The van der Waals surface area contributed by atoms with Gasteiger partial charge in [0.15, 0.2) is 0 Å². The maximum Gasteiger partial charge on any atom is 0.146 e. The highest BCUT2D eigenvalue weighted by atomic mass is 16.3. The fraction of sp³-hybridized carbons (Fsp3) is 0.700. The van der Waals surface area contributed by atoms with Crippen molar-refractivity contribution in [2.24, 2.45) is 22.7 Å². The normalized spacial score (nSPS) is 39.9. The summed E-state index contributed by atoms with van der Waals surface area (Å²) in [4.78, 5) is 23.0. The van der Waals surface area contributed by atoms with Crippen LogP contribution in [-0.2, 0) is 9.59 Å². The van der Waals surface area contributed by atoms with Crippen LogP contribution in [0.25, 0.3) is 0 Å². The zero-order valence-corrected chi connectivity index (χ0v) is 14.8. The number of carbonyl (C=O) groups excluding carboxylic acids is 2. The topological polar surface area (TPSA) is 54.4 Å². The van der Waals surface area contributed by atoms with Crippen LogP contribution >= 0.6 is 0 Å². The second kappa shape index (κ2) is 6.72. The fourth-order valence-corrected chi connectivity index (χ4v) is 4.98. The summed E-state index contributed by atoms with van der Waals surface area (Å²) >= 11 is 0. The van der Waals surface area contributed by atoms with Gasteiger partial charge in [0.25, 0.3) is 0 Å². The van der Waals surface area contributed by atoms with Crippen molar-refractivity contribution in [3.63, 3.8) is 0 Å². The van der Waals surface area contributed by atoms with Gasteiger partial charge in [0.1, 0.15) is 12.6 Å². The minimum atomic E-state index is -0.343.